The zero-order valence-corrected chi connectivity index (χ0v) is 13.8. The summed E-state index contributed by atoms with van der Waals surface area (Å²) in [6.45, 7) is 4.03. The van der Waals surface area contributed by atoms with Gasteiger partial charge in [-0.3, -0.25) is 0 Å². The number of rotatable bonds is 4. The minimum Gasteiger partial charge on any atom is -0.190 e. The molecule has 0 bridgehead atoms. The lowest BCUT2D eigenvalue weighted by Gasteiger charge is -2.13. The molecule has 0 fully saturated rings. The van der Waals surface area contributed by atoms with Crippen molar-refractivity contribution >= 4 is 0 Å². The van der Waals surface area contributed by atoms with Crippen LogP contribution in [0.4, 0.5) is 8.78 Å². The molecule has 0 amide bonds. The van der Waals surface area contributed by atoms with Crippen LogP contribution in [0.3, 0.4) is 0 Å². The van der Waals surface area contributed by atoms with Crippen LogP contribution in [-0.4, -0.2) is 4.98 Å². The van der Waals surface area contributed by atoms with Crippen LogP contribution in [0.5, 0.6) is 0 Å². The Balaban J connectivity index is 1.85. The molecule has 2 aromatic carbocycles. The Morgan fingerprint density at radius 3 is 1.96 bits per heavy atom. The lowest BCUT2D eigenvalue weighted by Crippen LogP contribution is -2.02. The predicted octanol–water partition coefficient (Wildman–Crippen LogP) is 5.74. The minimum atomic E-state index is -0.797. The number of pyridine rings is 1. The molecule has 3 heteroatoms. The molecule has 0 aliphatic carbocycles. The number of benzene rings is 2. The third kappa shape index (κ3) is 3.35. The average molecular weight is 323 g/mol. The van der Waals surface area contributed by atoms with Crippen molar-refractivity contribution in [2.75, 3.05) is 0 Å². The Hall–Kier alpha value is -2.55. The Morgan fingerprint density at radius 2 is 1.42 bits per heavy atom. The Labute approximate surface area is 141 Å². The van der Waals surface area contributed by atoms with Crippen molar-refractivity contribution in [1.82, 2.24) is 4.98 Å². The molecule has 0 N–H and O–H groups in total. The number of hydrogen-bond donors (Lipinski definition) is 0. The summed E-state index contributed by atoms with van der Waals surface area (Å²) in [6.07, 6.45) is 1.02. The molecule has 0 spiro atoms. The molecule has 1 heterocycles. The van der Waals surface area contributed by atoms with Gasteiger partial charge in [0.05, 0.1) is 0 Å². The topological polar surface area (TPSA) is 12.9 Å². The maximum absolute atomic E-state index is 13.9. The predicted molar refractivity (Wildman–Crippen MR) is 92.9 cm³/mol. The molecular formula is C21H19F2N. The summed E-state index contributed by atoms with van der Waals surface area (Å²) >= 11 is 0. The van der Waals surface area contributed by atoms with Crippen LogP contribution in [0.1, 0.15) is 36.5 Å². The molecule has 0 radical (unpaired) electrons. The maximum atomic E-state index is 13.9. The first-order valence-electron chi connectivity index (χ1n) is 8.09. The standard InChI is InChI=1S/C21H19F2N/c1-3-15-4-6-17(7-5-15)18-10-8-16(9-11-18)14(2)19-12-13-20(22)24-21(19)23/h4-14H,3H2,1-2H3. The third-order valence-electron chi connectivity index (χ3n) is 4.42. The van der Waals surface area contributed by atoms with E-state index in [2.05, 4.69) is 36.2 Å². The van der Waals surface area contributed by atoms with Gasteiger partial charge in [-0.1, -0.05) is 62.4 Å². The van der Waals surface area contributed by atoms with E-state index in [1.807, 2.05) is 31.2 Å². The van der Waals surface area contributed by atoms with Crippen molar-refractivity contribution in [3.8, 4) is 11.1 Å². The molecule has 1 aromatic heterocycles. The molecule has 3 aromatic rings. The van der Waals surface area contributed by atoms with E-state index < -0.39 is 11.9 Å². The van der Waals surface area contributed by atoms with E-state index in [9.17, 15) is 8.78 Å². The van der Waals surface area contributed by atoms with Gasteiger partial charge in [0.2, 0.25) is 11.9 Å². The van der Waals surface area contributed by atoms with Crippen molar-refractivity contribution in [1.29, 1.82) is 0 Å². The number of aromatic nitrogens is 1. The number of nitrogens with zero attached hydrogens (tertiary/aromatic N) is 1. The first-order valence-corrected chi connectivity index (χ1v) is 8.09. The molecule has 3 rings (SSSR count). The summed E-state index contributed by atoms with van der Waals surface area (Å²) in [6, 6.07) is 19.2. The third-order valence-corrected chi connectivity index (χ3v) is 4.42. The van der Waals surface area contributed by atoms with Crippen molar-refractivity contribution in [2.24, 2.45) is 0 Å². The number of halogens is 2. The monoisotopic (exact) mass is 323 g/mol. The molecule has 0 aliphatic rings. The van der Waals surface area contributed by atoms with E-state index in [-0.39, 0.29) is 5.92 Å². The molecule has 1 unspecified atom stereocenters. The lowest BCUT2D eigenvalue weighted by molar-refractivity contribution is 0.499. The van der Waals surface area contributed by atoms with E-state index >= 15 is 0 Å². The molecule has 1 nitrogen and oxygen atoms in total. The fourth-order valence-electron chi connectivity index (χ4n) is 2.82. The van der Waals surface area contributed by atoms with E-state index in [1.165, 1.54) is 17.7 Å². The zero-order valence-electron chi connectivity index (χ0n) is 13.8. The van der Waals surface area contributed by atoms with Gasteiger partial charge in [0.25, 0.3) is 0 Å². The maximum Gasteiger partial charge on any atom is 0.219 e. The molecule has 24 heavy (non-hydrogen) atoms. The molecule has 0 saturated heterocycles. The fourth-order valence-corrected chi connectivity index (χ4v) is 2.82. The minimum absolute atomic E-state index is 0.186. The highest BCUT2D eigenvalue weighted by molar-refractivity contribution is 5.64. The van der Waals surface area contributed by atoms with Gasteiger partial charge in [0.1, 0.15) is 0 Å². The first-order chi connectivity index (χ1) is 11.6. The average Bonchev–Trinajstić information content (AvgIpc) is 2.61. The largest absolute Gasteiger partial charge is 0.219 e. The highest BCUT2D eigenvalue weighted by Crippen LogP contribution is 2.28. The molecular weight excluding hydrogens is 304 g/mol. The summed E-state index contributed by atoms with van der Waals surface area (Å²) in [5.41, 5.74) is 4.95. The lowest BCUT2D eigenvalue weighted by atomic mass is 9.92. The molecule has 0 saturated carbocycles. The van der Waals surface area contributed by atoms with Crippen molar-refractivity contribution < 1.29 is 8.78 Å². The smallest absolute Gasteiger partial charge is 0.190 e. The normalized spacial score (nSPS) is 12.2. The van der Waals surface area contributed by atoms with E-state index in [0.717, 1.165) is 23.1 Å². The van der Waals surface area contributed by atoms with Crippen LogP contribution < -0.4 is 0 Å². The Morgan fingerprint density at radius 1 is 0.833 bits per heavy atom. The van der Waals surface area contributed by atoms with Crippen LogP contribution in [0, 0.1) is 11.9 Å². The summed E-state index contributed by atoms with van der Waals surface area (Å²) in [7, 11) is 0. The van der Waals surface area contributed by atoms with Crippen LogP contribution in [-0.2, 0) is 6.42 Å². The summed E-state index contributed by atoms with van der Waals surface area (Å²) in [5.74, 6) is -1.73. The van der Waals surface area contributed by atoms with Gasteiger partial charge < -0.3 is 0 Å². The quantitative estimate of drug-likeness (QED) is 0.558. The summed E-state index contributed by atoms with van der Waals surface area (Å²) in [4.78, 5) is 3.27. The van der Waals surface area contributed by atoms with Crippen LogP contribution in [0.25, 0.3) is 11.1 Å². The van der Waals surface area contributed by atoms with Crippen molar-refractivity contribution in [3.05, 3.63) is 89.2 Å². The first kappa shape index (κ1) is 16.3. The second kappa shape index (κ2) is 6.91. The summed E-state index contributed by atoms with van der Waals surface area (Å²) in [5, 5.41) is 0. The van der Waals surface area contributed by atoms with Gasteiger partial charge in [0, 0.05) is 11.5 Å². The van der Waals surface area contributed by atoms with E-state index in [0.29, 0.717) is 5.56 Å². The fraction of sp³-hybridized carbons (Fsp3) is 0.190. The second-order valence-electron chi connectivity index (χ2n) is 5.91. The molecule has 0 aliphatic heterocycles. The highest BCUT2D eigenvalue weighted by atomic mass is 19.1. The van der Waals surface area contributed by atoms with Gasteiger partial charge in [-0.15, -0.1) is 0 Å². The SMILES string of the molecule is CCc1ccc(-c2ccc(C(C)c3ccc(F)nc3F)cc2)cc1. The molecule has 122 valence electrons. The van der Waals surface area contributed by atoms with E-state index in [4.69, 9.17) is 0 Å². The van der Waals surface area contributed by atoms with Gasteiger partial charge >= 0.3 is 0 Å². The Kier molecular flexibility index (Phi) is 4.70. The van der Waals surface area contributed by atoms with Crippen LogP contribution in [0.15, 0.2) is 60.7 Å². The zero-order chi connectivity index (χ0) is 17.1. The van der Waals surface area contributed by atoms with Crippen LogP contribution in [0.2, 0.25) is 0 Å². The van der Waals surface area contributed by atoms with Crippen LogP contribution >= 0.6 is 0 Å². The summed E-state index contributed by atoms with van der Waals surface area (Å²) < 4.78 is 26.8. The number of aryl methyl sites for hydroxylation is 1. The van der Waals surface area contributed by atoms with Gasteiger partial charge in [-0.2, -0.15) is 13.8 Å². The molecule has 1 atom stereocenters. The Bertz CT molecular complexity index is 823. The van der Waals surface area contributed by atoms with Crippen molar-refractivity contribution in [3.63, 3.8) is 0 Å². The van der Waals surface area contributed by atoms with E-state index in [1.54, 1.807) is 0 Å². The van der Waals surface area contributed by atoms with Gasteiger partial charge in [-0.05, 0) is 40.8 Å². The number of hydrogen-bond acceptors (Lipinski definition) is 1. The highest BCUT2D eigenvalue weighted by Gasteiger charge is 2.15. The van der Waals surface area contributed by atoms with Gasteiger partial charge in [-0.25, -0.2) is 0 Å². The second-order valence-corrected chi connectivity index (χ2v) is 5.91. The van der Waals surface area contributed by atoms with Crippen molar-refractivity contribution in [2.45, 2.75) is 26.2 Å². The van der Waals surface area contributed by atoms with Gasteiger partial charge in [0.15, 0.2) is 0 Å².